The van der Waals surface area contributed by atoms with Crippen molar-refractivity contribution in [2.45, 2.75) is 0 Å². The minimum Gasteiger partial charge on any atom is -0.355 e. The van der Waals surface area contributed by atoms with E-state index in [0.29, 0.717) is 5.69 Å². The Balaban J connectivity index is 1.71. The molecule has 1 amide bonds. The Morgan fingerprint density at radius 3 is 2.58 bits per heavy atom. The zero-order valence-corrected chi connectivity index (χ0v) is 14.1. The average Bonchev–Trinajstić information content (AvgIpc) is 3.00. The molecule has 0 spiro atoms. The predicted molar refractivity (Wildman–Crippen MR) is 102 cm³/mol. The quantitative estimate of drug-likeness (QED) is 0.389. The number of para-hydroxylation sites is 1. The minimum absolute atomic E-state index is 0.0555. The summed E-state index contributed by atoms with van der Waals surface area (Å²) in [5.74, 6) is -0.502. The molecular weight excluding hydrogens is 354 g/mol. The van der Waals surface area contributed by atoms with Crippen molar-refractivity contribution in [2.24, 2.45) is 0 Å². The number of benzene rings is 3. The average molecular weight is 366 g/mol. The van der Waals surface area contributed by atoms with Gasteiger partial charge in [0.15, 0.2) is 0 Å². The monoisotopic (exact) mass is 365 g/mol. The van der Waals surface area contributed by atoms with E-state index in [1.54, 1.807) is 6.07 Å². The predicted octanol–water partition coefficient (Wildman–Crippen LogP) is 5.14. The number of amides is 1. The van der Waals surface area contributed by atoms with E-state index >= 15 is 0 Å². The second kappa shape index (κ2) is 6.16. The van der Waals surface area contributed by atoms with Crippen LogP contribution >= 0.6 is 11.6 Å². The lowest BCUT2D eigenvalue weighted by Gasteiger charge is -2.07. The highest BCUT2D eigenvalue weighted by Gasteiger charge is 2.16. The van der Waals surface area contributed by atoms with Crippen molar-refractivity contribution in [1.82, 2.24) is 4.98 Å². The van der Waals surface area contributed by atoms with Crippen LogP contribution in [0.2, 0.25) is 5.02 Å². The van der Waals surface area contributed by atoms with E-state index in [2.05, 4.69) is 10.3 Å². The molecule has 0 saturated heterocycles. The molecule has 4 rings (SSSR count). The fourth-order valence-electron chi connectivity index (χ4n) is 2.93. The molecule has 1 heterocycles. The highest BCUT2D eigenvalue weighted by atomic mass is 35.5. The summed E-state index contributed by atoms with van der Waals surface area (Å²) in [6, 6.07) is 17.1. The molecule has 128 valence electrons. The first kappa shape index (κ1) is 16.1. The smallest absolute Gasteiger partial charge is 0.270 e. The number of nitro benzene ring substituents is 1. The number of rotatable bonds is 3. The lowest BCUT2D eigenvalue weighted by Crippen LogP contribution is -2.12. The van der Waals surface area contributed by atoms with Crippen molar-refractivity contribution in [3.8, 4) is 0 Å². The Morgan fingerprint density at radius 2 is 1.77 bits per heavy atom. The normalized spacial score (nSPS) is 11.0. The number of halogens is 1. The molecule has 0 aliphatic carbocycles. The van der Waals surface area contributed by atoms with Crippen LogP contribution in [-0.2, 0) is 0 Å². The number of nitrogens with zero attached hydrogens (tertiary/aromatic N) is 1. The van der Waals surface area contributed by atoms with Gasteiger partial charge >= 0.3 is 0 Å². The molecule has 26 heavy (non-hydrogen) atoms. The molecule has 0 aliphatic heterocycles. The topological polar surface area (TPSA) is 88.0 Å². The highest BCUT2D eigenvalue weighted by Crippen LogP contribution is 2.28. The summed E-state index contributed by atoms with van der Waals surface area (Å²) in [6.07, 6.45) is 0. The van der Waals surface area contributed by atoms with Gasteiger partial charge in [0.05, 0.1) is 15.5 Å². The maximum absolute atomic E-state index is 12.5. The zero-order valence-electron chi connectivity index (χ0n) is 13.3. The third kappa shape index (κ3) is 2.76. The van der Waals surface area contributed by atoms with E-state index in [0.717, 1.165) is 21.8 Å². The van der Waals surface area contributed by atoms with Gasteiger partial charge in [0.2, 0.25) is 0 Å². The Bertz CT molecular complexity index is 1180. The molecule has 1 aromatic heterocycles. The standard InChI is InChI=1S/C19H12ClN3O3/c20-16-7-6-12(23(25)26)10-15(16)19(24)21-11-5-8-18-14(9-11)13-3-1-2-4-17(13)22-18/h1-10,22H,(H,21,24). The van der Waals surface area contributed by atoms with E-state index in [1.165, 1.54) is 18.2 Å². The van der Waals surface area contributed by atoms with Crippen LogP contribution < -0.4 is 5.32 Å². The van der Waals surface area contributed by atoms with Crippen molar-refractivity contribution in [3.63, 3.8) is 0 Å². The number of aromatic amines is 1. The Kier molecular flexibility index (Phi) is 3.82. The molecule has 0 atom stereocenters. The number of nitrogens with one attached hydrogen (secondary N) is 2. The van der Waals surface area contributed by atoms with E-state index in [-0.39, 0.29) is 16.3 Å². The van der Waals surface area contributed by atoms with Gasteiger partial charge in [0, 0.05) is 39.6 Å². The maximum atomic E-state index is 12.5. The van der Waals surface area contributed by atoms with Crippen molar-refractivity contribution >= 4 is 50.7 Å². The van der Waals surface area contributed by atoms with Crippen LogP contribution in [0.15, 0.2) is 60.7 Å². The van der Waals surface area contributed by atoms with Crippen LogP contribution in [0.1, 0.15) is 10.4 Å². The van der Waals surface area contributed by atoms with Gasteiger partial charge in [-0.3, -0.25) is 14.9 Å². The zero-order chi connectivity index (χ0) is 18.3. The largest absolute Gasteiger partial charge is 0.355 e. The molecule has 6 nitrogen and oxygen atoms in total. The number of fused-ring (bicyclic) bond motifs is 3. The van der Waals surface area contributed by atoms with Gasteiger partial charge in [0.1, 0.15) is 0 Å². The number of anilines is 1. The molecule has 3 aromatic carbocycles. The second-order valence-electron chi connectivity index (χ2n) is 5.81. The van der Waals surface area contributed by atoms with Crippen molar-refractivity contribution in [1.29, 1.82) is 0 Å². The number of carbonyl (C=O) groups excluding carboxylic acids is 1. The fraction of sp³-hybridized carbons (Fsp3) is 0. The summed E-state index contributed by atoms with van der Waals surface area (Å²) in [5.41, 5.74) is 2.41. The van der Waals surface area contributed by atoms with E-state index < -0.39 is 10.8 Å². The number of hydrogen-bond donors (Lipinski definition) is 2. The van der Waals surface area contributed by atoms with Gasteiger partial charge in [-0.25, -0.2) is 0 Å². The summed E-state index contributed by atoms with van der Waals surface area (Å²) in [6.45, 7) is 0. The molecule has 4 aromatic rings. The molecule has 7 heteroatoms. The molecular formula is C19H12ClN3O3. The number of nitro groups is 1. The number of non-ortho nitro benzene ring substituents is 1. The summed E-state index contributed by atoms with van der Waals surface area (Å²) in [4.78, 5) is 26.2. The Labute approximate surface area is 152 Å². The molecule has 0 aliphatic rings. The van der Waals surface area contributed by atoms with E-state index in [4.69, 9.17) is 11.6 Å². The van der Waals surface area contributed by atoms with Crippen LogP contribution in [0.25, 0.3) is 21.8 Å². The number of aromatic nitrogens is 1. The summed E-state index contributed by atoms with van der Waals surface area (Å²) in [5, 5.41) is 15.8. The fourth-order valence-corrected chi connectivity index (χ4v) is 3.13. The van der Waals surface area contributed by atoms with Gasteiger partial charge in [-0.05, 0) is 30.3 Å². The number of hydrogen-bond acceptors (Lipinski definition) is 3. The Morgan fingerprint density at radius 1 is 1.00 bits per heavy atom. The maximum Gasteiger partial charge on any atom is 0.270 e. The third-order valence-corrected chi connectivity index (χ3v) is 4.50. The minimum atomic E-state index is -0.564. The first-order valence-corrected chi connectivity index (χ1v) is 8.16. The highest BCUT2D eigenvalue weighted by molar-refractivity contribution is 6.34. The van der Waals surface area contributed by atoms with E-state index in [9.17, 15) is 14.9 Å². The van der Waals surface area contributed by atoms with Gasteiger partial charge in [-0.15, -0.1) is 0 Å². The van der Waals surface area contributed by atoms with Crippen LogP contribution in [-0.4, -0.2) is 15.8 Å². The summed E-state index contributed by atoms with van der Waals surface area (Å²) in [7, 11) is 0. The molecule has 0 saturated carbocycles. The lowest BCUT2D eigenvalue weighted by atomic mass is 10.1. The molecule has 2 N–H and O–H groups in total. The Hall–Kier alpha value is -3.38. The van der Waals surface area contributed by atoms with Crippen LogP contribution in [0.5, 0.6) is 0 Å². The van der Waals surface area contributed by atoms with Crippen molar-refractivity contribution < 1.29 is 9.72 Å². The third-order valence-electron chi connectivity index (χ3n) is 4.17. The molecule has 0 bridgehead atoms. The molecule has 0 fully saturated rings. The van der Waals surface area contributed by atoms with Crippen LogP contribution in [0.4, 0.5) is 11.4 Å². The van der Waals surface area contributed by atoms with Crippen LogP contribution in [0.3, 0.4) is 0 Å². The van der Waals surface area contributed by atoms with Gasteiger partial charge in [-0.1, -0.05) is 29.8 Å². The van der Waals surface area contributed by atoms with Crippen molar-refractivity contribution in [3.05, 3.63) is 81.4 Å². The SMILES string of the molecule is O=C(Nc1ccc2[nH]c3ccccc3c2c1)c1cc([N+](=O)[O-])ccc1Cl. The van der Waals surface area contributed by atoms with Gasteiger partial charge in [0.25, 0.3) is 11.6 Å². The van der Waals surface area contributed by atoms with E-state index in [1.807, 2.05) is 36.4 Å². The number of carbonyl (C=O) groups is 1. The molecule has 0 unspecified atom stereocenters. The summed E-state index contributed by atoms with van der Waals surface area (Å²) < 4.78 is 0. The van der Waals surface area contributed by atoms with Gasteiger partial charge in [-0.2, -0.15) is 0 Å². The van der Waals surface area contributed by atoms with Crippen molar-refractivity contribution in [2.75, 3.05) is 5.32 Å². The first-order chi connectivity index (χ1) is 12.5. The lowest BCUT2D eigenvalue weighted by molar-refractivity contribution is -0.384. The number of H-pyrrole nitrogens is 1. The molecule has 0 radical (unpaired) electrons. The summed E-state index contributed by atoms with van der Waals surface area (Å²) >= 11 is 6.03. The first-order valence-electron chi connectivity index (χ1n) is 7.79. The van der Waals surface area contributed by atoms with Gasteiger partial charge < -0.3 is 10.3 Å². The van der Waals surface area contributed by atoms with Crippen LogP contribution in [0, 0.1) is 10.1 Å². The second-order valence-corrected chi connectivity index (χ2v) is 6.21.